The number of amides is 2. The molecule has 0 aliphatic carbocycles. The lowest BCUT2D eigenvalue weighted by Gasteiger charge is -2.10. The number of hydrazine groups is 1. The summed E-state index contributed by atoms with van der Waals surface area (Å²) >= 11 is 3.37. The van der Waals surface area contributed by atoms with Crippen LogP contribution in [0.4, 0.5) is 10.5 Å². The van der Waals surface area contributed by atoms with Gasteiger partial charge in [0.05, 0.1) is 0 Å². The number of nitrogens with one attached hydrogen (secondary N) is 2. The zero-order valence-corrected chi connectivity index (χ0v) is 11.4. The number of hydrogen-bond acceptors (Lipinski definition) is 2. The first-order valence-electron chi connectivity index (χ1n) is 5.11. The molecule has 0 saturated heterocycles. The fourth-order valence-electron chi connectivity index (χ4n) is 1.16. The van der Waals surface area contributed by atoms with Crippen molar-refractivity contribution < 1.29 is 4.79 Å². The van der Waals surface area contributed by atoms with Gasteiger partial charge in [0.2, 0.25) is 0 Å². The molecule has 0 aliphatic rings. The number of carbonyl (C=O) groups excluding carboxylic acids is 1. The zero-order valence-electron chi connectivity index (χ0n) is 9.80. The van der Waals surface area contributed by atoms with E-state index in [9.17, 15) is 4.79 Å². The molecule has 16 heavy (non-hydrogen) atoms. The fraction of sp³-hybridized carbons (Fsp3) is 0.364. The summed E-state index contributed by atoms with van der Waals surface area (Å²) in [5.74, 6) is 4.98. The maximum Gasteiger partial charge on any atom is 0.333 e. The van der Waals surface area contributed by atoms with Gasteiger partial charge in [-0.3, -0.25) is 5.43 Å². The van der Waals surface area contributed by atoms with Crippen LogP contribution in [0.15, 0.2) is 18.2 Å². The number of alkyl halides is 1. The first-order valence-corrected chi connectivity index (χ1v) is 6.23. The van der Waals surface area contributed by atoms with Crippen LogP contribution < -0.4 is 16.6 Å². The summed E-state index contributed by atoms with van der Waals surface area (Å²) in [6.07, 6.45) is 0. The summed E-state index contributed by atoms with van der Waals surface area (Å²) in [7, 11) is 0. The number of nitrogens with two attached hydrogens (primary N) is 1. The van der Waals surface area contributed by atoms with Crippen LogP contribution in [0.3, 0.4) is 0 Å². The van der Waals surface area contributed by atoms with Crippen LogP contribution in [0, 0.1) is 6.92 Å². The smallest absolute Gasteiger partial charge is 0.307 e. The van der Waals surface area contributed by atoms with E-state index in [-0.39, 0.29) is 0 Å². The molecule has 0 radical (unpaired) electrons. The van der Waals surface area contributed by atoms with Crippen molar-refractivity contribution in [2.45, 2.75) is 26.1 Å². The van der Waals surface area contributed by atoms with Gasteiger partial charge in [-0.1, -0.05) is 41.9 Å². The first kappa shape index (κ1) is 14.9. The molecule has 1 rings (SSSR count). The Labute approximate surface area is 105 Å². The van der Waals surface area contributed by atoms with Gasteiger partial charge < -0.3 is 5.32 Å². The average Bonchev–Trinajstić information content (AvgIpc) is 2.32. The van der Waals surface area contributed by atoms with E-state index in [1.165, 1.54) is 0 Å². The number of carbonyl (C=O) groups is 1. The highest BCUT2D eigenvalue weighted by Crippen LogP contribution is 2.21. The lowest BCUT2D eigenvalue weighted by atomic mass is 10.1. The summed E-state index contributed by atoms with van der Waals surface area (Å²) in [6, 6.07) is 5.28. The molecule has 1 aromatic carbocycles. The Kier molecular flexibility index (Phi) is 7.58. The van der Waals surface area contributed by atoms with Gasteiger partial charge in [0, 0.05) is 11.0 Å². The molecule has 0 bridgehead atoms. The molecule has 0 fully saturated rings. The Bertz CT molecular complexity index is 342. The molecule has 90 valence electrons. The van der Waals surface area contributed by atoms with E-state index < -0.39 is 6.03 Å². The summed E-state index contributed by atoms with van der Waals surface area (Å²) in [4.78, 5) is 11.0. The van der Waals surface area contributed by atoms with Crippen LogP contribution in [0.25, 0.3) is 0 Å². The normalized spacial score (nSPS) is 8.81. The Morgan fingerprint density at radius 3 is 2.56 bits per heavy atom. The molecule has 2 amide bonds. The monoisotopic (exact) mass is 287 g/mol. The van der Waals surface area contributed by atoms with Gasteiger partial charge in [-0.05, 0) is 24.1 Å². The largest absolute Gasteiger partial charge is 0.333 e. The predicted molar refractivity (Wildman–Crippen MR) is 71.5 cm³/mol. The summed E-state index contributed by atoms with van der Waals surface area (Å²) in [5, 5.41) is 3.34. The molecule has 0 saturated carbocycles. The number of benzene rings is 1. The second kappa shape index (κ2) is 8.13. The van der Waals surface area contributed by atoms with E-state index in [1.54, 1.807) is 0 Å². The van der Waals surface area contributed by atoms with Crippen molar-refractivity contribution in [1.29, 1.82) is 0 Å². The minimum Gasteiger partial charge on any atom is -0.307 e. The highest BCUT2D eigenvalue weighted by atomic mass is 79.9. The van der Waals surface area contributed by atoms with E-state index in [0.29, 0.717) is 5.33 Å². The summed E-state index contributed by atoms with van der Waals surface area (Å²) in [6.45, 7) is 5.99. The van der Waals surface area contributed by atoms with Gasteiger partial charge in [-0.15, -0.1) is 0 Å². The van der Waals surface area contributed by atoms with Gasteiger partial charge in [-0.25, -0.2) is 10.6 Å². The Hall–Kier alpha value is -1.07. The SMILES string of the molecule is CC.Cc1cccc(NC(=O)NN)c1CBr. The summed E-state index contributed by atoms with van der Waals surface area (Å²) < 4.78 is 0. The summed E-state index contributed by atoms with van der Waals surface area (Å²) in [5.41, 5.74) is 4.96. The van der Waals surface area contributed by atoms with Crippen molar-refractivity contribution in [3.63, 3.8) is 0 Å². The zero-order chi connectivity index (χ0) is 12.6. The molecule has 0 aromatic heterocycles. The highest BCUT2D eigenvalue weighted by Gasteiger charge is 2.06. The fourth-order valence-corrected chi connectivity index (χ4v) is 1.90. The topological polar surface area (TPSA) is 67.2 Å². The average molecular weight is 288 g/mol. The Balaban J connectivity index is 0.00000106. The maximum atomic E-state index is 11.0. The molecule has 0 atom stereocenters. The molecule has 1 aromatic rings. The molecule has 5 heteroatoms. The molecule has 4 N–H and O–H groups in total. The Morgan fingerprint density at radius 1 is 1.44 bits per heavy atom. The third kappa shape index (κ3) is 4.20. The van der Waals surface area contributed by atoms with Crippen LogP contribution in [0.2, 0.25) is 0 Å². The van der Waals surface area contributed by atoms with Gasteiger partial charge in [0.15, 0.2) is 0 Å². The number of aryl methyl sites for hydroxylation is 1. The predicted octanol–water partition coefficient (Wildman–Crippen LogP) is 2.91. The molecular weight excluding hydrogens is 270 g/mol. The van der Waals surface area contributed by atoms with Gasteiger partial charge >= 0.3 is 6.03 Å². The molecule has 0 aliphatic heterocycles. The van der Waals surface area contributed by atoms with Crippen LogP contribution in [-0.4, -0.2) is 6.03 Å². The van der Waals surface area contributed by atoms with E-state index in [2.05, 4.69) is 21.2 Å². The quantitative estimate of drug-likeness (QED) is 0.339. The molecular formula is C11H18BrN3O. The van der Waals surface area contributed by atoms with E-state index in [1.807, 2.05) is 44.4 Å². The van der Waals surface area contributed by atoms with E-state index >= 15 is 0 Å². The van der Waals surface area contributed by atoms with E-state index in [4.69, 9.17) is 5.84 Å². The molecule has 0 spiro atoms. The number of halogens is 1. The van der Waals surface area contributed by atoms with Gasteiger partial charge in [0.1, 0.15) is 0 Å². The van der Waals surface area contributed by atoms with Crippen molar-refractivity contribution in [3.05, 3.63) is 29.3 Å². The minimum atomic E-state index is -0.419. The lowest BCUT2D eigenvalue weighted by molar-refractivity contribution is 0.252. The van der Waals surface area contributed by atoms with Crippen molar-refractivity contribution in [3.8, 4) is 0 Å². The van der Waals surface area contributed by atoms with Crippen LogP contribution >= 0.6 is 15.9 Å². The highest BCUT2D eigenvalue weighted by molar-refractivity contribution is 9.08. The second-order valence-corrected chi connectivity index (χ2v) is 3.39. The Morgan fingerprint density at radius 2 is 2.06 bits per heavy atom. The van der Waals surface area contributed by atoms with E-state index in [0.717, 1.165) is 16.8 Å². The van der Waals surface area contributed by atoms with Crippen molar-refractivity contribution in [2.75, 3.05) is 5.32 Å². The van der Waals surface area contributed by atoms with Crippen LogP contribution in [0.1, 0.15) is 25.0 Å². The van der Waals surface area contributed by atoms with Crippen molar-refractivity contribution >= 4 is 27.6 Å². The third-order valence-electron chi connectivity index (χ3n) is 1.92. The first-order chi connectivity index (χ1) is 7.69. The number of rotatable bonds is 2. The number of hydrogen-bond donors (Lipinski definition) is 3. The number of urea groups is 1. The number of anilines is 1. The molecule has 0 heterocycles. The van der Waals surface area contributed by atoms with Crippen LogP contribution in [0.5, 0.6) is 0 Å². The lowest BCUT2D eigenvalue weighted by Crippen LogP contribution is -2.34. The van der Waals surface area contributed by atoms with Crippen molar-refractivity contribution in [1.82, 2.24) is 5.43 Å². The maximum absolute atomic E-state index is 11.0. The molecule has 4 nitrogen and oxygen atoms in total. The van der Waals surface area contributed by atoms with Crippen LogP contribution in [-0.2, 0) is 5.33 Å². The van der Waals surface area contributed by atoms with Gasteiger partial charge in [0.25, 0.3) is 0 Å². The minimum absolute atomic E-state index is 0.419. The third-order valence-corrected chi connectivity index (χ3v) is 2.48. The van der Waals surface area contributed by atoms with Gasteiger partial charge in [-0.2, -0.15) is 0 Å². The van der Waals surface area contributed by atoms with Crippen molar-refractivity contribution in [2.24, 2.45) is 5.84 Å². The standard InChI is InChI=1S/C9H12BrN3O.C2H6/c1-6-3-2-4-8(7(6)5-10)12-9(14)13-11;1-2/h2-4H,5,11H2,1H3,(H2,12,13,14);1-2H3. The molecule has 0 unspecified atom stereocenters. The second-order valence-electron chi connectivity index (χ2n) is 2.83.